The van der Waals surface area contributed by atoms with E-state index in [0.29, 0.717) is 24.3 Å². The summed E-state index contributed by atoms with van der Waals surface area (Å²) in [5.41, 5.74) is 7.99. The fourth-order valence-electron chi connectivity index (χ4n) is 4.96. The van der Waals surface area contributed by atoms with Gasteiger partial charge in [0.25, 0.3) is 11.8 Å². The summed E-state index contributed by atoms with van der Waals surface area (Å²) in [6.45, 7) is 7.58. The highest BCUT2D eigenvalue weighted by molar-refractivity contribution is 5.95. The van der Waals surface area contributed by atoms with E-state index in [1.165, 1.54) is 6.07 Å². The van der Waals surface area contributed by atoms with E-state index in [2.05, 4.69) is 9.88 Å². The molecular weight excluding hydrogens is 469 g/mol. The van der Waals surface area contributed by atoms with Gasteiger partial charge < -0.3 is 15.5 Å². The summed E-state index contributed by atoms with van der Waals surface area (Å²) >= 11 is 0. The van der Waals surface area contributed by atoms with Crippen LogP contribution in [0.3, 0.4) is 0 Å². The number of amides is 2. The quantitative estimate of drug-likeness (QED) is 0.461. The van der Waals surface area contributed by atoms with Gasteiger partial charge in [0, 0.05) is 56.2 Å². The lowest BCUT2D eigenvalue weighted by Crippen LogP contribution is -2.43. The van der Waals surface area contributed by atoms with Gasteiger partial charge in [0.15, 0.2) is 5.82 Å². The molecule has 2 aromatic carbocycles. The number of likely N-dealkylation sites (tertiary alicyclic amines) is 1. The molecule has 8 heteroatoms. The lowest BCUT2D eigenvalue weighted by atomic mass is 9.99. The van der Waals surface area contributed by atoms with Crippen LogP contribution >= 0.6 is 0 Å². The van der Waals surface area contributed by atoms with Crippen LogP contribution in [0.5, 0.6) is 0 Å². The van der Waals surface area contributed by atoms with E-state index in [1.807, 2.05) is 49.1 Å². The van der Waals surface area contributed by atoms with Gasteiger partial charge in [-0.25, -0.2) is 4.39 Å². The maximum atomic E-state index is 15.6. The van der Waals surface area contributed by atoms with Gasteiger partial charge in [-0.15, -0.1) is 0 Å². The fourth-order valence-corrected chi connectivity index (χ4v) is 4.96. The number of halogens is 1. The lowest BCUT2D eigenvalue weighted by Gasteiger charge is -2.40. The topological polar surface area (TPSA) is 82.8 Å². The van der Waals surface area contributed by atoms with Crippen LogP contribution in [0.15, 0.2) is 66.9 Å². The van der Waals surface area contributed by atoms with Crippen molar-refractivity contribution in [2.45, 2.75) is 39.3 Å². The summed E-state index contributed by atoms with van der Waals surface area (Å²) in [7, 11) is 0. The number of nitrogens with two attached hydrogens (primary N) is 1. The third-order valence-electron chi connectivity index (χ3n) is 6.98. The van der Waals surface area contributed by atoms with Gasteiger partial charge in [-0.2, -0.15) is 0 Å². The predicted octanol–water partition coefficient (Wildman–Crippen LogP) is 4.60. The van der Waals surface area contributed by atoms with E-state index in [9.17, 15) is 9.59 Å². The molecular formula is C29H34FN5O2. The number of carbonyl (C=O) groups excluding carboxylic acids is 2. The number of hydrogen-bond donors (Lipinski definition) is 1. The minimum absolute atomic E-state index is 0.00180. The summed E-state index contributed by atoms with van der Waals surface area (Å²) in [6, 6.07) is 17.9. The average molecular weight is 504 g/mol. The first-order valence-electron chi connectivity index (χ1n) is 12.8. The number of piperidine rings is 1. The molecule has 0 saturated carbocycles. The minimum atomic E-state index is -0.801. The van der Waals surface area contributed by atoms with Crippen LogP contribution in [-0.2, 0) is 6.54 Å². The van der Waals surface area contributed by atoms with E-state index >= 15 is 4.39 Å². The van der Waals surface area contributed by atoms with E-state index < -0.39 is 11.7 Å². The van der Waals surface area contributed by atoms with Crippen molar-refractivity contribution in [2.24, 2.45) is 5.73 Å². The Hall–Kier alpha value is -3.78. The van der Waals surface area contributed by atoms with Gasteiger partial charge in [-0.05, 0) is 75.2 Å². The largest absolute Gasteiger partial charge is 0.366 e. The molecule has 194 valence electrons. The normalized spacial score (nSPS) is 14.4. The Bertz CT molecular complexity index is 1210. The minimum Gasteiger partial charge on any atom is -0.366 e. The van der Waals surface area contributed by atoms with E-state index in [4.69, 9.17) is 5.73 Å². The molecule has 37 heavy (non-hydrogen) atoms. The van der Waals surface area contributed by atoms with E-state index in [0.717, 1.165) is 43.9 Å². The molecule has 1 aliphatic rings. The van der Waals surface area contributed by atoms with Crippen LogP contribution in [0, 0.1) is 5.82 Å². The summed E-state index contributed by atoms with van der Waals surface area (Å²) < 4.78 is 15.6. The molecule has 1 aliphatic heterocycles. The second-order valence-electron chi connectivity index (χ2n) is 9.23. The van der Waals surface area contributed by atoms with Gasteiger partial charge in [-0.3, -0.25) is 19.5 Å². The highest BCUT2D eigenvalue weighted by Crippen LogP contribution is 2.35. The molecule has 4 rings (SSSR count). The van der Waals surface area contributed by atoms with Crippen molar-refractivity contribution in [1.29, 1.82) is 0 Å². The first-order valence-corrected chi connectivity index (χ1v) is 12.8. The second kappa shape index (κ2) is 12.0. The first kappa shape index (κ1) is 26.3. The van der Waals surface area contributed by atoms with Crippen LogP contribution in [0.2, 0.25) is 0 Å². The molecule has 2 N–H and O–H groups in total. The standard InChI is InChI=1S/C29H34FN5O2/c1-3-34(4-2)29(37)21-11-13-23(14-12-21)35(26-10-7-9-25(27(26)30)28(31)36)24-15-18-33(19-16-24)20-22-8-5-6-17-32-22/h5-14,17,24H,3-4,15-16,18-20H2,1-2H3,(H2,31,36). The van der Waals surface area contributed by atoms with Gasteiger partial charge >= 0.3 is 0 Å². The number of benzene rings is 2. The van der Waals surface area contributed by atoms with Gasteiger partial charge in [0.05, 0.1) is 16.9 Å². The Labute approximate surface area is 217 Å². The summed E-state index contributed by atoms with van der Waals surface area (Å²) in [5.74, 6) is -1.47. The van der Waals surface area contributed by atoms with Crippen LogP contribution in [0.25, 0.3) is 0 Å². The Morgan fingerprint density at radius 3 is 2.30 bits per heavy atom. The van der Waals surface area contributed by atoms with E-state index in [1.54, 1.807) is 35.4 Å². The van der Waals surface area contributed by atoms with Gasteiger partial charge in [0.1, 0.15) is 0 Å². The number of hydrogen-bond acceptors (Lipinski definition) is 5. The van der Waals surface area contributed by atoms with Crippen molar-refractivity contribution in [3.05, 3.63) is 89.5 Å². The maximum Gasteiger partial charge on any atom is 0.253 e. The molecule has 2 heterocycles. The summed E-state index contributed by atoms with van der Waals surface area (Å²) in [6.07, 6.45) is 3.40. The maximum absolute atomic E-state index is 15.6. The molecule has 7 nitrogen and oxygen atoms in total. The molecule has 0 bridgehead atoms. The number of carbonyl (C=O) groups is 2. The van der Waals surface area contributed by atoms with Crippen LogP contribution in [0.1, 0.15) is 53.1 Å². The molecule has 3 aromatic rings. The van der Waals surface area contributed by atoms with Crippen LogP contribution < -0.4 is 10.6 Å². The fraction of sp³-hybridized carbons (Fsp3) is 0.345. The van der Waals surface area contributed by atoms with Crippen LogP contribution in [-0.4, -0.2) is 58.8 Å². The first-order chi connectivity index (χ1) is 17.9. The van der Waals surface area contributed by atoms with Crippen LogP contribution in [0.4, 0.5) is 15.8 Å². The monoisotopic (exact) mass is 503 g/mol. The van der Waals surface area contributed by atoms with Gasteiger partial charge in [0.2, 0.25) is 0 Å². The number of pyridine rings is 1. The predicted molar refractivity (Wildman–Crippen MR) is 143 cm³/mol. The van der Waals surface area contributed by atoms with Gasteiger partial charge in [-0.1, -0.05) is 12.1 Å². The zero-order valence-corrected chi connectivity index (χ0v) is 21.4. The molecule has 0 radical (unpaired) electrons. The van der Waals surface area contributed by atoms with Crippen molar-refractivity contribution in [3.8, 4) is 0 Å². The molecule has 1 saturated heterocycles. The molecule has 0 aliphatic carbocycles. The highest BCUT2D eigenvalue weighted by atomic mass is 19.1. The highest BCUT2D eigenvalue weighted by Gasteiger charge is 2.29. The number of rotatable bonds is 9. The molecule has 0 unspecified atom stereocenters. The SMILES string of the molecule is CCN(CC)C(=O)c1ccc(N(c2cccc(C(N)=O)c2F)C2CCN(Cc3ccccn3)CC2)cc1. The van der Waals surface area contributed by atoms with Crippen molar-refractivity contribution in [3.63, 3.8) is 0 Å². The zero-order chi connectivity index (χ0) is 26.4. The average Bonchev–Trinajstić information content (AvgIpc) is 2.92. The number of nitrogens with zero attached hydrogens (tertiary/aromatic N) is 4. The lowest BCUT2D eigenvalue weighted by molar-refractivity contribution is 0.0772. The summed E-state index contributed by atoms with van der Waals surface area (Å²) in [5, 5.41) is 0. The van der Waals surface area contributed by atoms with E-state index in [-0.39, 0.29) is 17.5 Å². The van der Waals surface area contributed by atoms with Crippen molar-refractivity contribution in [1.82, 2.24) is 14.8 Å². The third-order valence-corrected chi connectivity index (χ3v) is 6.98. The Morgan fingerprint density at radius 1 is 1.00 bits per heavy atom. The van der Waals surface area contributed by atoms with Crippen molar-refractivity contribution < 1.29 is 14.0 Å². The molecule has 0 atom stereocenters. The Balaban J connectivity index is 1.62. The number of primary amides is 1. The smallest absolute Gasteiger partial charge is 0.253 e. The summed E-state index contributed by atoms with van der Waals surface area (Å²) in [4.78, 5) is 35.2. The number of anilines is 2. The Morgan fingerprint density at radius 2 is 1.70 bits per heavy atom. The van der Waals surface area contributed by atoms with Crippen molar-refractivity contribution >= 4 is 23.2 Å². The molecule has 2 amide bonds. The Kier molecular flexibility index (Phi) is 8.50. The second-order valence-corrected chi connectivity index (χ2v) is 9.23. The number of aromatic nitrogens is 1. The molecule has 1 fully saturated rings. The molecule has 1 aromatic heterocycles. The third kappa shape index (κ3) is 5.97. The van der Waals surface area contributed by atoms with Crippen molar-refractivity contribution in [2.75, 3.05) is 31.1 Å². The zero-order valence-electron chi connectivity index (χ0n) is 21.4. The molecule has 0 spiro atoms.